The lowest BCUT2D eigenvalue weighted by atomic mass is 9.67. The van der Waals surface area contributed by atoms with Crippen LogP contribution in [0, 0.1) is 5.41 Å². The van der Waals surface area contributed by atoms with Gasteiger partial charge in [-0.3, -0.25) is 9.59 Å². The van der Waals surface area contributed by atoms with Crippen molar-refractivity contribution in [2.75, 3.05) is 24.5 Å². The van der Waals surface area contributed by atoms with E-state index in [9.17, 15) is 14.7 Å². The molecule has 1 aromatic carbocycles. The lowest BCUT2D eigenvalue weighted by molar-refractivity contribution is -0.137. The lowest BCUT2D eigenvalue weighted by Crippen LogP contribution is -2.49. The molecule has 29 heavy (non-hydrogen) atoms. The number of rotatable bonds is 5. The van der Waals surface area contributed by atoms with Gasteiger partial charge in [-0.2, -0.15) is 0 Å². The van der Waals surface area contributed by atoms with Gasteiger partial charge < -0.3 is 19.6 Å². The predicted octanol–water partition coefficient (Wildman–Crippen LogP) is 3.12. The maximum absolute atomic E-state index is 13.3. The third-order valence-electron chi connectivity index (χ3n) is 6.83. The van der Waals surface area contributed by atoms with Crippen molar-refractivity contribution in [2.24, 2.45) is 5.41 Å². The van der Waals surface area contributed by atoms with Crippen LogP contribution in [-0.4, -0.2) is 53.2 Å². The summed E-state index contributed by atoms with van der Waals surface area (Å²) >= 11 is 0. The van der Waals surface area contributed by atoms with Crippen LogP contribution in [0.2, 0.25) is 0 Å². The van der Waals surface area contributed by atoms with Gasteiger partial charge in [0.1, 0.15) is 5.75 Å². The summed E-state index contributed by atoms with van der Waals surface area (Å²) in [4.78, 5) is 28.9. The molecule has 158 valence electrons. The van der Waals surface area contributed by atoms with Crippen LogP contribution in [0.25, 0.3) is 0 Å². The van der Waals surface area contributed by atoms with E-state index in [2.05, 4.69) is 0 Å². The average Bonchev–Trinajstić information content (AvgIpc) is 3.22. The van der Waals surface area contributed by atoms with Crippen LogP contribution in [0.3, 0.4) is 0 Å². The molecule has 4 rings (SSSR count). The molecule has 2 amide bonds. The van der Waals surface area contributed by atoms with Gasteiger partial charge in [-0.05, 0) is 76.6 Å². The number of β-amino-alcohol motifs (C(OH)–C–C–N with tert-alkyl or cyclic N) is 1. The maximum atomic E-state index is 13.3. The van der Waals surface area contributed by atoms with E-state index in [1.165, 1.54) is 0 Å². The number of nitrogens with zero attached hydrogens (tertiary/aromatic N) is 2. The highest BCUT2D eigenvalue weighted by Crippen LogP contribution is 2.49. The summed E-state index contributed by atoms with van der Waals surface area (Å²) < 4.78 is 5.69. The first kappa shape index (κ1) is 20.2. The summed E-state index contributed by atoms with van der Waals surface area (Å²) in [6.45, 7) is 5.86. The Hall–Kier alpha value is -2.08. The van der Waals surface area contributed by atoms with Crippen molar-refractivity contribution in [1.29, 1.82) is 0 Å². The molecule has 1 aromatic rings. The summed E-state index contributed by atoms with van der Waals surface area (Å²) in [5.41, 5.74) is -0.310. The number of ether oxygens (including phenoxy) is 1. The van der Waals surface area contributed by atoms with Crippen molar-refractivity contribution in [2.45, 2.75) is 70.5 Å². The van der Waals surface area contributed by atoms with Crippen LogP contribution in [0.15, 0.2) is 24.3 Å². The van der Waals surface area contributed by atoms with Crippen molar-refractivity contribution in [3.05, 3.63) is 24.3 Å². The highest BCUT2D eigenvalue weighted by atomic mass is 16.5. The number of carbonyl (C=O) groups excluding carboxylic acids is 2. The Balaban J connectivity index is 1.39. The molecule has 1 N–H and O–H groups in total. The van der Waals surface area contributed by atoms with Crippen LogP contribution in [0.5, 0.6) is 5.75 Å². The molecule has 1 aliphatic carbocycles. The average molecular weight is 401 g/mol. The largest absolute Gasteiger partial charge is 0.491 e. The summed E-state index contributed by atoms with van der Waals surface area (Å²) in [5, 5.41) is 11.0. The van der Waals surface area contributed by atoms with Crippen LogP contribution >= 0.6 is 0 Å². The number of hydrogen-bond donors (Lipinski definition) is 1. The number of amides is 2. The fourth-order valence-corrected chi connectivity index (χ4v) is 5.09. The fourth-order valence-electron chi connectivity index (χ4n) is 5.09. The number of aliphatic hydroxyl groups is 1. The first-order valence-electron chi connectivity index (χ1n) is 10.9. The van der Waals surface area contributed by atoms with Gasteiger partial charge in [-0.15, -0.1) is 0 Å². The normalized spacial score (nSPS) is 30.1. The van der Waals surface area contributed by atoms with Crippen LogP contribution in [-0.2, 0) is 9.59 Å². The number of benzene rings is 1. The van der Waals surface area contributed by atoms with E-state index < -0.39 is 5.60 Å². The van der Waals surface area contributed by atoms with E-state index in [1.54, 1.807) is 4.90 Å². The molecular weight excluding hydrogens is 368 g/mol. The molecule has 0 bridgehead atoms. The molecule has 1 saturated carbocycles. The second-order valence-electron chi connectivity index (χ2n) is 9.29. The third kappa shape index (κ3) is 4.00. The predicted molar refractivity (Wildman–Crippen MR) is 111 cm³/mol. The van der Waals surface area contributed by atoms with Crippen molar-refractivity contribution >= 4 is 17.5 Å². The molecule has 0 aromatic heterocycles. The molecular formula is C23H32N2O4. The zero-order valence-electron chi connectivity index (χ0n) is 17.5. The Morgan fingerprint density at radius 2 is 1.72 bits per heavy atom. The zero-order chi connectivity index (χ0) is 20.6. The fraction of sp³-hybridized carbons (Fsp3) is 0.652. The summed E-state index contributed by atoms with van der Waals surface area (Å²) in [6, 6.07) is 7.74. The minimum atomic E-state index is -0.852. The van der Waals surface area contributed by atoms with Crippen LogP contribution in [0.1, 0.15) is 58.8 Å². The Bertz CT molecular complexity index is 766. The molecule has 1 spiro atoms. The zero-order valence-corrected chi connectivity index (χ0v) is 17.5. The molecule has 3 aliphatic rings. The number of hydrogen-bond acceptors (Lipinski definition) is 4. The van der Waals surface area contributed by atoms with Crippen molar-refractivity contribution in [1.82, 2.24) is 4.90 Å². The van der Waals surface area contributed by atoms with Gasteiger partial charge in [0.15, 0.2) is 0 Å². The standard InChI is InChI=1S/C23H32N2O4/c1-17(2)29-19-7-5-18(6-8-19)25-15-13-22(21(25)27)9-11-23(28,12-10-22)16-24-14-3-4-20(24)26/h5-8,17,28H,3-4,9-16H2,1-2H3. The SMILES string of the molecule is CC(C)Oc1ccc(N2CCC3(CCC(O)(CN4CCCC4=O)CC3)C2=O)cc1. The Morgan fingerprint density at radius 3 is 2.31 bits per heavy atom. The van der Waals surface area contributed by atoms with Crippen LogP contribution < -0.4 is 9.64 Å². The molecule has 2 aliphatic heterocycles. The molecule has 6 nitrogen and oxygen atoms in total. The molecule has 2 saturated heterocycles. The quantitative estimate of drug-likeness (QED) is 0.824. The second-order valence-corrected chi connectivity index (χ2v) is 9.29. The van der Waals surface area contributed by atoms with Gasteiger partial charge in [-0.25, -0.2) is 0 Å². The van der Waals surface area contributed by atoms with Crippen molar-refractivity contribution in [3.8, 4) is 5.75 Å². The van der Waals surface area contributed by atoms with Crippen molar-refractivity contribution in [3.63, 3.8) is 0 Å². The monoisotopic (exact) mass is 400 g/mol. The van der Waals surface area contributed by atoms with E-state index in [0.29, 0.717) is 45.2 Å². The number of anilines is 1. The van der Waals surface area contributed by atoms with E-state index in [1.807, 2.05) is 43.0 Å². The van der Waals surface area contributed by atoms with Gasteiger partial charge in [0, 0.05) is 31.7 Å². The van der Waals surface area contributed by atoms with E-state index in [0.717, 1.165) is 30.8 Å². The number of likely N-dealkylation sites (tertiary alicyclic amines) is 1. The highest BCUT2D eigenvalue weighted by Gasteiger charge is 2.52. The highest BCUT2D eigenvalue weighted by molar-refractivity contribution is 6.00. The number of carbonyl (C=O) groups is 2. The maximum Gasteiger partial charge on any atom is 0.233 e. The lowest BCUT2D eigenvalue weighted by Gasteiger charge is -2.42. The van der Waals surface area contributed by atoms with Crippen LogP contribution in [0.4, 0.5) is 5.69 Å². The first-order valence-corrected chi connectivity index (χ1v) is 10.9. The molecule has 0 radical (unpaired) electrons. The second kappa shape index (κ2) is 7.63. The minimum Gasteiger partial charge on any atom is -0.491 e. The van der Waals surface area contributed by atoms with Gasteiger partial charge in [0.2, 0.25) is 11.8 Å². The van der Waals surface area contributed by atoms with Gasteiger partial charge in [0.05, 0.1) is 17.1 Å². The smallest absolute Gasteiger partial charge is 0.233 e. The molecule has 3 fully saturated rings. The summed E-state index contributed by atoms with van der Waals surface area (Å²) in [7, 11) is 0. The molecule has 0 atom stereocenters. The summed E-state index contributed by atoms with van der Waals surface area (Å²) in [5.74, 6) is 1.13. The Labute approximate surface area is 172 Å². The Kier molecular flexibility index (Phi) is 5.32. The third-order valence-corrected chi connectivity index (χ3v) is 6.83. The van der Waals surface area contributed by atoms with E-state index >= 15 is 0 Å². The van der Waals surface area contributed by atoms with Gasteiger partial charge >= 0.3 is 0 Å². The van der Waals surface area contributed by atoms with Gasteiger partial charge in [-0.1, -0.05) is 0 Å². The van der Waals surface area contributed by atoms with E-state index in [4.69, 9.17) is 4.74 Å². The molecule has 6 heteroatoms. The Morgan fingerprint density at radius 1 is 1.03 bits per heavy atom. The topological polar surface area (TPSA) is 70.1 Å². The molecule has 0 unspecified atom stereocenters. The first-order chi connectivity index (χ1) is 13.8. The van der Waals surface area contributed by atoms with E-state index in [-0.39, 0.29) is 23.3 Å². The van der Waals surface area contributed by atoms with Gasteiger partial charge in [0.25, 0.3) is 0 Å². The summed E-state index contributed by atoms with van der Waals surface area (Å²) in [6.07, 6.45) is 4.96. The van der Waals surface area contributed by atoms with Crippen molar-refractivity contribution < 1.29 is 19.4 Å². The molecule has 2 heterocycles. The minimum absolute atomic E-state index is 0.120.